The van der Waals surface area contributed by atoms with Crippen molar-refractivity contribution in [2.75, 3.05) is 33.8 Å². The highest BCUT2D eigenvalue weighted by molar-refractivity contribution is 5.76. The Balaban J connectivity index is 1.35. The summed E-state index contributed by atoms with van der Waals surface area (Å²) >= 11 is 0. The van der Waals surface area contributed by atoms with Crippen molar-refractivity contribution in [1.82, 2.24) is 24.9 Å². The lowest BCUT2D eigenvalue weighted by Crippen LogP contribution is -2.37. The van der Waals surface area contributed by atoms with Crippen molar-refractivity contribution in [2.45, 2.75) is 44.6 Å². The molecular formula is C20H27N5O3. The van der Waals surface area contributed by atoms with Crippen LogP contribution in [0.15, 0.2) is 16.8 Å². The van der Waals surface area contributed by atoms with Crippen LogP contribution in [0.25, 0.3) is 0 Å². The van der Waals surface area contributed by atoms with Crippen LogP contribution in [0.2, 0.25) is 0 Å². The first kappa shape index (κ1) is 18.9. The Bertz CT molecular complexity index is 837. The zero-order valence-electron chi connectivity index (χ0n) is 16.6. The number of piperidine rings is 1. The fraction of sp³-hybridized carbons (Fsp3) is 0.600. The van der Waals surface area contributed by atoms with E-state index in [1.165, 1.54) is 13.5 Å². The van der Waals surface area contributed by atoms with Gasteiger partial charge in [0.1, 0.15) is 11.6 Å². The third-order valence-corrected chi connectivity index (χ3v) is 5.63. The van der Waals surface area contributed by atoms with Gasteiger partial charge in [0.15, 0.2) is 0 Å². The van der Waals surface area contributed by atoms with Gasteiger partial charge in [-0.05, 0) is 31.6 Å². The fourth-order valence-electron chi connectivity index (χ4n) is 4.01. The third kappa shape index (κ3) is 4.16. The molecule has 0 spiro atoms. The SMILES string of the molecule is COc1cc(CCC(=O)N2CCc3nc([C@@H]4CCCN(C)C4)ncc3C2)on1. The summed E-state index contributed by atoms with van der Waals surface area (Å²) in [6.07, 6.45) is 5.97. The van der Waals surface area contributed by atoms with Crippen molar-refractivity contribution in [1.29, 1.82) is 0 Å². The average molecular weight is 385 g/mol. The molecule has 2 aliphatic rings. The molecular weight excluding hydrogens is 358 g/mol. The molecule has 8 heteroatoms. The van der Waals surface area contributed by atoms with E-state index in [-0.39, 0.29) is 5.91 Å². The van der Waals surface area contributed by atoms with Gasteiger partial charge >= 0.3 is 0 Å². The molecule has 1 saturated heterocycles. The summed E-state index contributed by atoms with van der Waals surface area (Å²) < 4.78 is 10.2. The predicted octanol–water partition coefficient (Wildman–Crippen LogP) is 1.80. The Kier molecular flexibility index (Phi) is 5.57. The number of aromatic nitrogens is 3. The molecule has 0 aromatic carbocycles. The van der Waals surface area contributed by atoms with Crippen molar-refractivity contribution in [3.63, 3.8) is 0 Å². The van der Waals surface area contributed by atoms with Crippen molar-refractivity contribution in [3.05, 3.63) is 35.1 Å². The molecule has 0 unspecified atom stereocenters. The molecule has 0 radical (unpaired) electrons. The second kappa shape index (κ2) is 8.26. The number of methoxy groups -OCH3 is 1. The quantitative estimate of drug-likeness (QED) is 0.776. The van der Waals surface area contributed by atoms with Crippen molar-refractivity contribution in [2.24, 2.45) is 0 Å². The Hall–Kier alpha value is -2.48. The number of aryl methyl sites for hydroxylation is 1. The van der Waals surface area contributed by atoms with Crippen LogP contribution in [0.1, 0.15) is 48.0 Å². The lowest BCUT2D eigenvalue weighted by Gasteiger charge is -2.31. The molecule has 2 aromatic rings. The van der Waals surface area contributed by atoms with E-state index in [0.717, 1.165) is 43.0 Å². The van der Waals surface area contributed by atoms with Gasteiger partial charge in [0, 0.05) is 62.6 Å². The Morgan fingerprint density at radius 2 is 2.29 bits per heavy atom. The van der Waals surface area contributed by atoms with Gasteiger partial charge in [0.2, 0.25) is 5.91 Å². The lowest BCUT2D eigenvalue weighted by atomic mass is 9.97. The van der Waals surface area contributed by atoms with E-state index < -0.39 is 0 Å². The average Bonchev–Trinajstić information content (AvgIpc) is 3.19. The summed E-state index contributed by atoms with van der Waals surface area (Å²) in [4.78, 5) is 26.3. The number of hydrogen-bond donors (Lipinski definition) is 0. The van der Waals surface area contributed by atoms with Crippen LogP contribution >= 0.6 is 0 Å². The molecule has 1 amide bonds. The zero-order chi connectivity index (χ0) is 19.5. The number of amides is 1. The molecule has 0 aliphatic carbocycles. The van der Waals surface area contributed by atoms with Crippen LogP contribution in [0.5, 0.6) is 5.88 Å². The van der Waals surface area contributed by atoms with Gasteiger partial charge in [0.25, 0.3) is 5.88 Å². The first-order chi connectivity index (χ1) is 13.6. The van der Waals surface area contributed by atoms with Crippen LogP contribution in [0, 0.1) is 0 Å². The van der Waals surface area contributed by atoms with Crippen molar-refractivity contribution in [3.8, 4) is 5.88 Å². The molecule has 1 atom stereocenters. The molecule has 2 aliphatic heterocycles. The number of carbonyl (C=O) groups excluding carboxylic acids is 1. The molecule has 4 rings (SSSR count). The number of carbonyl (C=O) groups is 1. The topological polar surface area (TPSA) is 84.6 Å². The standard InChI is InChI=1S/C20H27N5O3/c1-24-8-3-4-14(12-24)20-21-11-15-13-25(9-7-17(15)22-20)19(26)6-5-16-10-18(27-2)23-28-16/h10-11,14H,3-9,12-13H2,1-2H3/t14-/m1/s1. The summed E-state index contributed by atoms with van der Waals surface area (Å²) in [6.45, 7) is 3.46. The van der Waals surface area contributed by atoms with Gasteiger partial charge in [-0.25, -0.2) is 9.97 Å². The smallest absolute Gasteiger partial charge is 0.254 e. The van der Waals surface area contributed by atoms with E-state index in [0.29, 0.717) is 43.5 Å². The van der Waals surface area contributed by atoms with E-state index in [2.05, 4.69) is 22.1 Å². The number of fused-ring (bicyclic) bond motifs is 1. The molecule has 1 fully saturated rings. The number of likely N-dealkylation sites (tertiary alicyclic amines) is 1. The van der Waals surface area contributed by atoms with E-state index in [1.807, 2.05) is 11.1 Å². The van der Waals surface area contributed by atoms with Crippen molar-refractivity contribution >= 4 is 5.91 Å². The summed E-state index contributed by atoms with van der Waals surface area (Å²) in [5, 5.41) is 3.76. The molecule has 150 valence electrons. The molecule has 0 bridgehead atoms. The van der Waals surface area contributed by atoms with Gasteiger partial charge in [-0.15, -0.1) is 0 Å². The molecule has 28 heavy (non-hydrogen) atoms. The monoisotopic (exact) mass is 385 g/mol. The number of ether oxygens (including phenoxy) is 1. The van der Waals surface area contributed by atoms with E-state index >= 15 is 0 Å². The fourth-order valence-corrected chi connectivity index (χ4v) is 4.01. The van der Waals surface area contributed by atoms with Crippen LogP contribution < -0.4 is 4.74 Å². The van der Waals surface area contributed by atoms with Gasteiger partial charge < -0.3 is 19.1 Å². The summed E-state index contributed by atoms with van der Waals surface area (Å²) in [5.41, 5.74) is 2.16. The first-order valence-electron chi connectivity index (χ1n) is 9.93. The third-order valence-electron chi connectivity index (χ3n) is 5.63. The van der Waals surface area contributed by atoms with E-state index in [4.69, 9.17) is 14.2 Å². The van der Waals surface area contributed by atoms with Crippen LogP contribution in [0.3, 0.4) is 0 Å². The Morgan fingerprint density at radius 1 is 1.39 bits per heavy atom. The molecule has 2 aromatic heterocycles. The van der Waals surface area contributed by atoms with Crippen LogP contribution in [0.4, 0.5) is 0 Å². The Labute approximate surface area is 164 Å². The molecule has 0 N–H and O–H groups in total. The second-order valence-corrected chi connectivity index (χ2v) is 7.70. The minimum atomic E-state index is 0.110. The molecule has 4 heterocycles. The maximum Gasteiger partial charge on any atom is 0.254 e. The number of nitrogens with zero attached hydrogens (tertiary/aromatic N) is 5. The normalized spacial score (nSPS) is 20.1. The van der Waals surface area contributed by atoms with E-state index in [1.54, 1.807) is 6.07 Å². The maximum atomic E-state index is 12.6. The van der Waals surface area contributed by atoms with Crippen molar-refractivity contribution < 1.29 is 14.1 Å². The number of likely N-dealkylation sites (N-methyl/N-ethyl adjacent to an activating group) is 1. The van der Waals surface area contributed by atoms with Gasteiger partial charge in [-0.2, -0.15) is 0 Å². The first-order valence-corrected chi connectivity index (χ1v) is 9.93. The zero-order valence-corrected chi connectivity index (χ0v) is 16.6. The van der Waals surface area contributed by atoms with Gasteiger partial charge in [-0.1, -0.05) is 0 Å². The van der Waals surface area contributed by atoms with Gasteiger partial charge in [-0.3, -0.25) is 4.79 Å². The van der Waals surface area contributed by atoms with Gasteiger partial charge in [0.05, 0.1) is 12.8 Å². The second-order valence-electron chi connectivity index (χ2n) is 7.70. The molecule has 0 saturated carbocycles. The highest BCUT2D eigenvalue weighted by Crippen LogP contribution is 2.26. The maximum absolute atomic E-state index is 12.6. The highest BCUT2D eigenvalue weighted by atomic mass is 16.5. The largest absolute Gasteiger partial charge is 0.479 e. The minimum absolute atomic E-state index is 0.110. The minimum Gasteiger partial charge on any atom is -0.479 e. The number of rotatable bonds is 5. The molecule has 8 nitrogen and oxygen atoms in total. The summed E-state index contributed by atoms with van der Waals surface area (Å²) in [6, 6.07) is 1.72. The highest BCUT2D eigenvalue weighted by Gasteiger charge is 2.26. The van der Waals surface area contributed by atoms with E-state index in [9.17, 15) is 4.79 Å². The Morgan fingerprint density at radius 3 is 3.07 bits per heavy atom. The predicted molar refractivity (Wildman–Crippen MR) is 102 cm³/mol. The van der Waals surface area contributed by atoms with Crippen LogP contribution in [-0.4, -0.2) is 64.6 Å². The number of hydrogen-bond acceptors (Lipinski definition) is 7. The van der Waals surface area contributed by atoms with Crippen LogP contribution in [-0.2, 0) is 24.2 Å². The summed E-state index contributed by atoms with van der Waals surface area (Å²) in [7, 11) is 3.70. The summed E-state index contributed by atoms with van der Waals surface area (Å²) in [5.74, 6) is 2.59. The lowest BCUT2D eigenvalue weighted by molar-refractivity contribution is -0.132.